The van der Waals surface area contributed by atoms with Gasteiger partial charge in [-0.2, -0.15) is 13.2 Å². The van der Waals surface area contributed by atoms with Crippen LogP contribution in [-0.4, -0.2) is 17.8 Å². The predicted octanol–water partition coefficient (Wildman–Crippen LogP) is 5.18. The Labute approximate surface area is 156 Å². The van der Waals surface area contributed by atoms with Crippen molar-refractivity contribution in [3.05, 3.63) is 53.1 Å². The Kier molecular flexibility index (Phi) is 6.33. The summed E-state index contributed by atoms with van der Waals surface area (Å²) in [5, 5.41) is 6.88. The molecule has 0 saturated heterocycles. The molecule has 0 heterocycles. The van der Waals surface area contributed by atoms with Gasteiger partial charge in [-0.05, 0) is 42.5 Å². The van der Waals surface area contributed by atoms with Crippen LogP contribution in [-0.2, 0) is 11.0 Å². The van der Waals surface area contributed by atoms with Crippen molar-refractivity contribution in [2.75, 3.05) is 21.8 Å². The molecule has 0 bridgehead atoms. The fraction of sp³-hybridized carbons (Fsp3) is 0.125. The van der Waals surface area contributed by atoms with Gasteiger partial charge in [-0.1, -0.05) is 11.6 Å². The smallest absolute Gasteiger partial charge is 0.325 e. The Hall–Kier alpha value is -2.45. The van der Waals surface area contributed by atoms with E-state index in [1.165, 1.54) is 12.1 Å². The zero-order chi connectivity index (χ0) is 19.3. The lowest BCUT2D eigenvalue weighted by molar-refractivity contribution is -0.137. The number of urea groups is 1. The molecule has 0 fully saturated rings. The van der Waals surface area contributed by atoms with Gasteiger partial charge in [0.05, 0.1) is 10.6 Å². The fourth-order valence-corrected chi connectivity index (χ4v) is 2.30. The number of carbonyl (C=O) groups excluding carboxylic acids is 2. The Bertz CT molecular complexity index is 811. The molecule has 0 saturated carbocycles. The maximum Gasteiger partial charge on any atom is 0.417 e. The van der Waals surface area contributed by atoms with E-state index in [-0.39, 0.29) is 17.5 Å². The second-order valence-electron chi connectivity index (χ2n) is 5.03. The minimum atomic E-state index is -4.57. The molecule has 5 nitrogen and oxygen atoms in total. The van der Waals surface area contributed by atoms with Gasteiger partial charge in [-0.3, -0.25) is 4.79 Å². The van der Waals surface area contributed by atoms with Gasteiger partial charge in [-0.15, -0.1) is 11.6 Å². The first kappa shape index (κ1) is 19.9. The standard InChI is InChI=1S/C16H12Cl2F3N3O2/c17-8-14(25)22-9-1-3-10(4-2-9)23-15(26)24-11-5-6-12(13(18)7-11)16(19,20)21/h1-7H,8H2,(H,22,25)(H2,23,24,26). The Morgan fingerprint density at radius 3 is 1.88 bits per heavy atom. The van der Waals surface area contributed by atoms with Crippen molar-refractivity contribution in [2.24, 2.45) is 0 Å². The summed E-state index contributed by atoms with van der Waals surface area (Å²) in [4.78, 5) is 23.1. The van der Waals surface area contributed by atoms with E-state index >= 15 is 0 Å². The predicted molar refractivity (Wildman–Crippen MR) is 94.9 cm³/mol. The Morgan fingerprint density at radius 2 is 1.38 bits per heavy atom. The highest BCUT2D eigenvalue weighted by molar-refractivity contribution is 6.31. The first-order chi connectivity index (χ1) is 12.2. The van der Waals surface area contributed by atoms with Crippen LogP contribution in [0, 0.1) is 0 Å². The lowest BCUT2D eigenvalue weighted by Crippen LogP contribution is -2.19. The molecule has 2 rings (SSSR count). The molecule has 0 aliphatic carbocycles. The van der Waals surface area contributed by atoms with Gasteiger partial charge in [0, 0.05) is 17.1 Å². The second kappa shape index (κ2) is 8.29. The molecule has 0 aliphatic heterocycles. The number of rotatable bonds is 4. The maximum atomic E-state index is 12.6. The average Bonchev–Trinajstić information content (AvgIpc) is 2.55. The maximum absolute atomic E-state index is 12.6. The monoisotopic (exact) mass is 405 g/mol. The number of nitrogens with one attached hydrogen (secondary N) is 3. The number of anilines is 3. The van der Waals surface area contributed by atoms with E-state index in [1.54, 1.807) is 12.1 Å². The number of carbonyl (C=O) groups is 2. The largest absolute Gasteiger partial charge is 0.417 e. The first-order valence-corrected chi connectivity index (χ1v) is 8.01. The van der Waals surface area contributed by atoms with Gasteiger partial charge in [-0.25, -0.2) is 4.79 Å². The number of hydrogen-bond donors (Lipinski definition) is 3. The molecule has 0 spiro atoms. The van der Waals surface area contributed by atoms with Gasteiger partial charge in [0.1, 0.15) is 5.88 Å². The van der Waals surface area contributed by atoms with Crippen molar-refractivity contribution < 1.29 is 22.8 Å². The summed E-state index contributed by atoms with van der Waals surface area (Å²) in [6, 6.07) is 8.38. The summed E-state index contributed by atoms with van der Waals surface area (Å²) in [7, 11) is 0. The second-order valence-corrected chi connectivity index (χ2v) is 5.71. The molecule has 0 aliphatic rings. The molecular formula is C16H12Cl2F3N3O2. The molecule has 3 N–H and O–H groups in total. The number of amides is 3. The van der Waals surface area contributed by atoms with Crippen molar-refractivity contribution in [3.8, 4) is 0 Å². The summed E-state index contributed by atoms with van der Waals surface area (Å²) < 4.78 is 37.9. The van der Waals surface area contributed by atoms with E-state index in [0.717, 1.165) is 18.2 Å². The summed E-state index contributed by atoms with van der Waals surface area (Å²) in [5.41, 5.74) is 0.0201. The van der Waals surface area contributed by atoms with Crippen LogP contribution in [0.3, 0.4) is 0 Å². The molecule has 0 radical (unpaired) electrons. The zero-order valence-corrected chi connectivity index (χ0v) is 14.5. The highest BCUT2D eigenvalue weighted by Crippen LogP contribution is 2.35. The van der Waals surface area contributed by atoms with Crippen molar-refractivity contribution >= 4 is 52.2 Å². The molecular weight excluding hydrogens is 394 g/mol. The number of hydrogen-bond acceptors (Lipinski definition) is 2. The number of benzene rings is 2. The molecule has 26 heavy (non-hydrogen) atoms. The van der Waals surface area contributed by atoms with Gasteiger partial charge in [0.25, 0.3) is 0 Å². The molecule has 10 heteroatoms. The minimum absolute atomic E-state index is 0.103. The van der Waals surface area contributed by atoms with E-state index < -0.39 is 22.8 Å². The lowest BCUT2D eigenvalue weighted by atomic mass is 10.2. The fourth-order valence-electron chi connectivity index (χ4n) is 1.95. The van der Waals surface area contributed by atoms with Gasteiger partial charge < -0.3 is 16.0 Å². The van der Waals surface area contributed by atoms with E-state index in [1.807, 2.05) is 0 Å². The van der Waals surface area contributed by atoms with E-state index in [9.17, 15) is 22.8 Å². The number of alkyl halides is 4. The van der Waals surface area contributed by atoms with Crippen LogP contribution in [0.1, 0.15) is 5.56 Å². The molecule has 0 aromatic heterocycles. The third-order valence-electron chi connectivity index (χ3n) is 3.08. The van der Waals surface area contributed by atoms with Gasteiger partial charge >= 0.3 is 12.2 Å². The quantitative estimate of drug-likeness (QED) is 0.613. The third-order valence-corrected chi connectivity index (χ3v) is 3.64. The SMILES string of the molecule is O=C(CCl)Nc1ccc(NC(=O)Nc2ccc(C(F)(F)F)c(Cl)c2)cc1. The molecule has 0 atom stereocenters. The molecule has 3 amide bonds. The van der Waals surface area contributed by atoms with Crippen LogP contribution >= 0.6 is 23.2 Å². The van der Waals surface area contributed by atoms with Gasteiger partial charge in [0.15, 0.2) is 0 Å². The van der Waals surface area contributed by atoms with Gasteiger partial charge in [0.2, 0.25) is 5.91 Å². The lowest BCUT2D eigenvalue weighted by Gasteiger charge is -2.12. The molecule has 2 aromatic carbocycles. The Morgan fingerprint density at radius 1 is 0.885 bits per heavy atom. The van der Waals surface area contributed by atoms with E-state index in [4.69, 9.17) is 23.2 Å². The average molecular weight is 406 g/mol. The highest BCUT2D eigenvalue weighted by Gasteiger charge is 2.33. The topological polar surface area (TPSA) is 70.2 Å². The normalized spacial score (nSPS) is 11.0. The minimum Gasteiger partial charge on any atom is -0.325 e. The molecule has 2 aromatic rings. The molecule has 138 valence electrons. The van der Waals surface area contributed by atoms with Crippen LogP contribution in [0.4, 0.5) is 35.0 Å². The van der Waals surface area contributed by atoms with Crippen LogP contribution in [0.15, 0.2) is 42.5 Å². The Balaban J connectivity index is 1.98. The van der Waals surface area contributed by atoms with Crippen molar-refractivity contribution in [3.63, 3.8) is 0 Å². The zero-order valence-electron chi connectivity index (χ0n) is 13.0. The van der Waals surface area contributed by atoms with Crippen LogP contribution in [0.25, 0.3) is 0 Å². The first-order valence-electron chi connectivity index (χ1n) is 7.09. The summed E-state index contributed by atoms with van der Waals surface area (Å²) >= 11 is 11.0. The highest BCUT2D eigenvalue weighted by atomic mass is 35.5. The summed E-state index contributed by atoms with van der Waals surface area (Å²) in [6.07, 6.45) is -4.57. The number of halogens is 5. The van der Waals surface area contributed by atoms with Crippen molar-refractivity contribution in [1.82, 2.24) is 0 Å². The van der Waals surface area contributed by atoms with Crippen molar-refractivity contribution in [1.29, 1.82) is 0 Å². The van der Waals surface area contributed by atoms with E-state index in [0.29, 0.717) is 11.4 Å². The summed E-state index contributed by atoms with van der Waals surface area (Å²) in [6.45, 7) is 0. The summed E-state index contributed by atoms with van der Waals surface area (Å²) in [5.74, 6) is -0.553. The van der Waals surface area contributed by atoms with E-state index in [2.05, 4.69) is 16.0 Å². The van der Waals surface area contributed by atoms with Crippen molar-refractivity contribution in [2.45, 2.75) is 6.18 Å². The van der Waals surface area contributed by atoms with Crippen LogP contribution in [0.5, 0.6) is 0 Å². The molecule has 0 unspecified atom stereocenters. The third kappa shape index (κ3) is 5.53. The van der Waals surface area contributed by atoms with Crippen LogP contribution in [0.2, 0.25) is 5.02 Å². The van der Waals surface area contributed by atoms with Crippen LogP contribution < -0.4 is 16.0 Å².